The van der Waals surface area contributed by atoms with Crippen LogP contribution in [0.1, 0.15) is 25.1 Å². The van der Waals surface area contributed by atoms with E-state index in [9.17, 15) is 13.2 Å². The second-order valence-corrected chi connectivity index (χ2v) is 4.67. The second-order valence-electron chi connectivity index (χ2n) is 4.67. The quantitative estimate of drug-likeness (QED) is 0.906. The summed E-state index contributed by atoms with van der Waals surface area (Å²) in [7, 11) is 0. The van der Waals surface area contributed by atoms with Crippen LogP contribution < -0.4 is 10.1 Å². The van der Waals surface area contributed by atoms with Gasteiger partial charge in [0, 0.05) is 23.3 Å². The van der Waals surface area contributed by atoms with Crippen LogP contribution >= 0.6 is 0 Å². The van der Waals surface area contributed by atoms with Gasteiger partial charge >= 0.3 is 6.36 Å². The Labute approximate surface area is 121 Å². The lowest BCUT2D eigenvalue weighted by atomic mass is 10.0. The van der Waals surface area contributed by atoms with Gasteiger partial charge in [-0.05, 0) is 44.0 Å². The Hall–Kier alpha value is -1.98. The zero-order valence-corrected chi connectivity index (χ0v) is 12.1. The number of fused-ring (bicyclic) bond motifs is 1. The van der Waals surface area contributed by atoms with Gasteiger partial charge in [0.2, 0.25) is 0 Å². The Balaban J connectivity index is 2.61. The van der Waals surface area contributed by atoms with Gasteiger partial charge in [-0.2, -0.15) is 0 Å². The molecule has 0 unspecified atom stereocenters. The van der Waals surface area contributed by atoms with Crippen LogP contribution in [0.3, 0.4) is 0 Å². The molecule has 0 saturated heterocycles. The van der Waals surface area contributed by atoms with Crippen LogP contribution in [0.5, 0.6) is 5.75 Å². The molecule has 114 valence electrons. The van der Waals surface area contributed by atoms with Gasteiger partial charge in [-0.3, -0.25) is 4.98 Å². The Morgan fingerprint density at radius 1 is 1.24 bits per heavy atom. The summed E-state index contributed by atoms with van der Waals surface area (Å²) in [6.07, 6.45) is -3.93. The van der Waals surface area contributed by atoms with Crippen LogP contribution in [0.25, 0.3) is 10.9 Å². The smallest absolute Gasteiger partial charge is 0.406 e. The number of nitrogens with zero attached hydrogens (tertiary/aromatic N) is 1. The van der Waals surface area contributed by atoms with Crippen LogP contribution in [0.4, 0.5) is 18.9 Å². The minimum Gasteiger partial charge on any atom is -0.406 e. The van der Waals surface area contributed by atoms with Gasteiger partial charge in [0.1, 0.15) is 5.75 Å². The maximum Gasteiger partial charge on any atom is 0.573 e. The fourth-order valence-electron chi connectivity index (χ4n) is 2.33. The molecule has 3 nitrogen and oxygen atoms in total. The Kier molecular flexibility index (Phi) is 4.25. The van der Waals surface area contributed by atoms with E-state index in [1.165, 1.54) is 12.1 Å². The molecule has 0 atom stereocenters. The van der Waals surface area contributed by atoms with Crippen molar-refractivity contribution in [1.29, 1.82) is 0 Å². The summed E-state index contributed by atoms with van der Waals surface area (Å²) in [5, 5.41) is 3.84. The van der Waals surface area contributed by atoms with Crippen molar-refractivity contribution in [3.8, 4) is 5.75 Å². The van der Waals surface area contributed by atoms with Crippen LogP contribution in [-0.4, -0.2) is 17.9 Å². The van der Waals surface area contributed by atoms with Crippen LogP contribution in [0, 0.1) is 6.92 Å². The van der Waals surface area contributed by atoms with Crippen molar-refractivity contribution in [1.82, 2.24) is 4.98 Å². The van der Waals surface area contributed by atoms with E-state index in [0.717, 1.165) is 23.4 Å². The number of rotatable bonds is 4. The number of nitrogens with one attached hydrogen (secondary N) is 1. The molecule has 0 aliphatic heterocycles. The molecule has 0 amide bonds. The number of hydrogen-bond acceptors (Lipinski definition) is 3. The summed E-state index contributed by atoms with van der Waals surface area (Å²) < 4.78 is 41.0. The molecule has 1 N–H and O–H groups in total. The molecule has 0 saturated carbocycles. The summed E-state index contributed by atoms with van der Waals surface area (Å²) in [5.41, 5.74) is 3.36. The molecular weight excluding hydrogens is 281 g/mol. The summed E-state index contributed by atoms with van der Waals surface area (Å²) in [4.78, 5) is 4.50. The van der Waals surface area contributed by atoms with E-state index < -0.39 is 6.36 Å². The fourth-order valence-corrected chi connectivity index (χ4v) is 2.33. The molecule has 0 aliphatic rings. The fraction of sp³-hybridized carbons (Fsp3) is 0.400. The molecule has 6 heteroatoms. The normalized spacial score (nSPS) is 11.7. The van der Waals surface area contributed by atoms with Crippen molar-refractivity contribution in [3.63, 3.8) is 0 Å². The molecule has 0 bridgehead atoms. The number of alkyl halides is 3. The molecular formula is C15H17F3N2O. The summed E-state index contributed by atoms with van der Waals surface area (Å²) in [6, 6.07) is 4.21. The predicted octanol–water partition coefficient (Wildman–Crippen LogP) is 4.44. The molecule has 1 heterocycles. The topological polar surface area (TPSA) is 34.2 Å². The number of anilines is 1. The standard InChI is InChI=1S/C15H17F3N2O/c1-4-12-9(3)14(19-5-2)11-8-10(21-15(16,17)18)6-7-13(11)20-12/h6-8H,4-5H2,1-3H3,(H,19,20). The molecule has 1 aromatic carbocycles. The van der Waals surface area contributed by atoms with Crippen molar-refractivity contribution >= 4 is 16.6 Å². The number of pyridine rings is 1. The first-order chi connectivity index (χ1) is 9.85. The summed E-state index contributed by atoms with van der Waals surface area (Å²) in [5.74, 6) is -0.236. The highest BCUT2D eigenvalue weighted by molar-refractivity contribution is 5.94. The molecule has 0 spiro atoms. The molecule has 2 rings (SSSR count). The third kappa shape index (κ3) is 3.37. The molecule has 0 radical (unpaired) electrons. The zero-order chi connectivity index (χ0) is 15.6. The van der Waals surface area contributed by atoms with Crippen LogP contribution in [0.2, 0.25) is 0 Å². The Bertz CT molecular complexity index is 653. The third-order valence-electron chi connectivity index (χ3n) is 3.22. The van der Waals surface area contributed by atoms with E-state index in [1.807, 2.05) is 20.8 Å². The first-order valence-corrected chi connectivity index (χ1v) is 6.78. The molecule has 0 aliphatic carbocycles. The lowest BCUT2D eigenvalue weighted by Gasteiger charge is -2.16. The van der Waals surface area contributed by atoms with Gasteiger partial charge < -0.3 is 10.1 Å². The first-order valence-electron chi connectivity index (χ1n) is 6.78. The van der Waals surface area contributed by atoms with Gasteiger partial charge in [0.15, 0.2) is 0 Å². The second kappa shape index (κ2) is 5.79. The molecule has 1 aromatic heterocycles. The van der Waals surface area contributed by atoms with Crippen molar-refractivity contribution < 1.29 is 17.9 Å². The summed E-state index contributed by atoms with van der Waals surface area (Å²) >= 11 is 0. The van der Waals surface area contributed by atoms with Gasteiger partial charge in [-0.1, -0.05) is 6.92 Å². The van der Waals surface area contributed by atoms with Crippen molar-refractivity contribution in [2.45, 2.75) is 33.6 Å². The van der Waals surface area contributed by atoms with Crippen molar-refractivity contribution in [2.24, 2.45) is 0 Å². The number of aromatic nitrogens is 1. The average Bonchev–Trinajstić information content (AvgIpc) is 2.40. The number of aryl methyl sites for hydroxylation is 1. The summed E-state index contributed by atoms with van der Waals surface area (Å²) in [6.45, 7) is 6.53. The Morgan fingerprint density at radius 2 is 1.95 bits per heavy atom. The van der Waals surface area contributed by atoms with Gasteiger partial charge in [0.05, 0.1) is 5.52 Å². The highest BCUT2D eigenvalue weighted by Crippen LogP contribution is 2.32. The lowest BCUT2D eigenvalue weighted by Crippen LogP contribution is -2.17. The number of halogens is 3. The van der Waals surface area contributed by atoms with Gasteiger partial charge in [-0.15, -0.1) is 13.2 Å². The third-order valence-corrected chi connectivity index (χ3v) is 3.22. The molecule has 2 aromatic rings. The highest BCUT2D eigenvalue weighted by Gasteiger charge is 2.31. The highest BCUT2D eigenvalue weighted by atomic mass is 19.4. The van der Waals surface area contributed by atoms with E-state index >= 15 is 0 Å². The molecule has 0 fully saturated rings. The van der Waals surface area contributed by atoms with Crippen molar-refractivity contribution in [3.05, 3.63) is 29.5 Å². The maximum absolute atomic E-state index is 12.3. The largest absolute Gasteiger partial charge is 0.573 e. The van der Waals surface area contributed by atoms with Crippen LogP contribution in [-0.2, 0) is 6.42 Å². The maximum atomic E-state index is 12.3. The zero-order valence-electron chi connectivity index (χ0n) is 12.1. The molecule has 21 heavy (non-hydrogen) atoms. The minimum absolute atomic E-state index is 0.236. The minimum atomic E-state index is -4.70. The van der Waals surface area contributed by atoms with Gasteiger partial charge in [0.25, 0.3) is 0 Å². The average molecular weight is 298 g/mol. The van der Waals surface area contributed by atoms with Crippen LogP contribution in [0.15, 0.2) is 18.2 Å². The van der Waals surface area contributed by atoms with E-state index in [1.54, 1.807) is 6.07 Å². The van der Waals surface area contributed by atoms with E-state index in [-0.39, 0.29) is 5.75 Å². The lowest BCUT2D eigenvalue weighted by molar-refractivity contribution is -0.274. The van der Waals surface area contributed by atoms with Gasteiger partial charge in [-0.25, -0.2) is 0 Å². The predicted molar refractivity (Wildman–Crippen MR) is 76.7 cm³/mol. The van der Waals surface area contributed by atoms with E-state index in [2.05, 4.69) is 15.0 Å². The first kappa shape index (κ1) is 15.4. The number of hydrogen-bond donors (Lipinski definition) is 1. The van der Waals surface area contributed by atoms with Crippen molar-refractivity contribution in [2.75, 3.05) is 11.9 Å². The Morgan fingerprint density at radius 3 is 2.52 bits per heavy atom. The van der Waals surface area contributed by atoms with E-state index in [4.69, 9.17) is 0 Å². The number of benzene rings is 1. The monoisotopic (exact) mass is 298 g/mol. The van der Waals surface area contributed by atoms with E-state index in [0.29, 0.717) is 17.4 Å². The SMILES string of the molecule is CCNc1c(C)c(CC)nc2ccc(OC(F)(F)F)cc12. The number of ether oxygens (including phenoxy) is 1.